The fourth-order valence-corrected chi connectivity index (χ4v) is 3.10. The van der Waals surface area contributed by atoms with E-state index in [-0.39, 0.29) is 11.5 Å². The van der Waals surface area contributed by atoms with Crippen molar-refractivity contribution in [3.8, 4) is 0 Å². The van der Waals surface area contributed by atoms with Crippen molar-refractivity contribution in [2.75, 3.05) is 0 Å². The van der Waals surface area contributed by atoms with Gasteiger partial charge in [0.05, 0.1) is 11.5 Å². The highest BCUT2D eigenvalue weighted by Gasteiger charge is 2.29. The summed E-state index contributed by atoms with van der Waals surface area (Å²) in [5.74, 6) is 0.513. The number of hydrogen-bond donors (Lipinski definition) is 0. The Labute approximate surface area is 94.8 Å². The van der Waals surface area contributed by atoms with E-state index in [1.165, 1.54) is 0 Å². The molecule has 3 atom stereocenters. The Balaban J connectivity index is 2.39. The Morgan fingerprint density at radius 3 is 2.54 bits per heavy atom. The maximum atomic E-state index is 6.12. The number of rotatable bonds is 3. The Morgan fingerprint density at radius 2 is 2.08 bits per heavy atom. The van der Waals surface area contributed by atoms with E-state index < -0.39 is 6.85 Å². The monoisotopic (exact) mass is 260 g/mol. The van der Waals surface area contributed by atoms with Crippen molar-refractivity contribution in [1.29, 1.82) is 0 Å². The van der Waals surface area contributed by atoms with E-state index in [2.05, 4.69) is 6.58 Å². The molecular formula is C8H12Cl3OP. The number of allylic oxidation sites excluding steroid dienone is 1. The second kappa shape index (κ2) is 5.78. The van der Waals surface area contributed by atoms with Crippen LogP contribution >= 0.6 is 40.9 Å². The van der Waals surface area contributed by atoms with Crippen LogP contribution in [0.1, 0.15) is 19.3 Å². The molecule has 0 saturated heterocycles. The lowest BCUT2D eigenvalue weighted by Gasteiger charge is -2.31. The lowest BCUT2D eigenvalue weighted by Crippen LogP contribution is -2.30. The molecule has 1 nitrogen and oxygen atoms in total. The molecule has 13 heavy (non-hydrogen) atoms. The third-order valence-corrected chi connectivity index (χ3v) is 3.67. The summed E-state index contributed by atoms with van der Waals surface area (Å²) >= 11 is 17.3. The SMILES string of the molecule is C=CC1CCC(OP(Cl)Cl)C(Cl)C1. The molecule has 0 aromatic rings. The van der Waals surface area contributed by atoms with Gasteiger partial charge in [-0.25, -0.2) is 0 Å². The van der Waals surface area contributed by atoms with Crippen LogP contribution in [0.15, 0.2) is 12.7 Å². The van der Waals surface area contributed by atoms with Gasteiger partial charge in [-0.2, -0.15) is 0 Å². The Kier molecular flexibility index (Phi) is 5.37. The highest BCUT2D eigenvalue weighted by atomic mass is 35.9. The summed E-state index contributed by atoms with van der Waals surface area (Å²) in [5.41, 5.74) is 0. The van der Waals surface area contributed by atoms with E-state index in [9.17, 15) is 0 Å². The van der Waals surface area contributed by atoms with Gasteiger partial charge in [0.1, 0.15) is 0 Å². The molecule has 1 fully saturated rings. The summed E-state index contributed by atoms with van der Waals surface area (Å²) in [6.45, 7) is 2.42. The van der Waals surface area contributed by atoms with E-state index in [1.54, 1.807) is 0 Å². The number of alkyl halides is 1. The van der Waals surface area contributed by atoms with E-state index in [0.29, 0.717) is 5.92 Å². The third-order valence-electron chi connectivity index (χ3n) is 2.30. The van der Waals surface area contributed by atoms with Crippen molar-refractivity contribution < 1.29 is 4.52 Å². The van der Waals surface area contributed by atoms with E-state index in [1.807, 2.05) is 6.08 Å². The standard InChI is InChI=1S/C8H12Cl3OP/c1-2-6-3-4-8(7(9)5-6)12-13(10)11/h2,6-8H,1,3-5H2. The van der Waals surface area contributed by atoms with Crippen LogP contribution in [0.2, 0.25) is 0 Å². The molecule has 1 aliphatic carbocycles. The predicted octanol–water partition coefficient (Wildman–Crippen LogP) is 4.67. The van der Waals surface area contributed by atoms with Crippen molar-refractivity contribution >= 4 is 40.9 Å². The first-order valence-corrected chi connectivity index (χ1v) is 7.69. The molecule has 0 radical (unpaired) electrons. The van der Waals surface area contributed by atoms with Crippen LogP contribution in [0.4, 0.5) is 0 Å². The van der Waals surface area contributed by atoms with E-state index in [0.717, 1.165) is 19.3 Å². The molecular weight excluding hydrogens is 249 g/mol. The van der Waals surface area contributed by atoms with Crippen molar-refractivity contribution in [2.24, 2.45) is 5.92 Å². The normalized spacial score (nSPS) is 34.9. The molecule has 0 aromatic carbocycles. The minimum absolute atomic E-state index is 0.0129. The molecule has 5 heteroatoms. The zero-order chi connectivity index (χ0) is 9.84. The number of hydrogen-bond acceptors (Lipinski definition) is 1. The molecule has 1 rings (SSSR count). The van der Waals surface area contributed by atoms with Crippen LogP contribution in [0, 0.1) is 5.92 Å². The fraction of sp³-hybridized carbons (Fsp3) is 0.750. The summed E-state index contributed by atoms with van der Waals surface area (Å²) in [4.78, 5) is 0. The van der Waals surface area contributed by atoms with Crippen LogP contribution in [-0.4, -0.2) is 11.5 Å². The summed E-state index contributed by atoms with van der Waals surface area (Å²) in [6, 6.07) is 0. The quantitative estimate of drug-likeness (QED) is 0.407. The Morgan fingerprint density at radius 1 is 1.38 bits per heavy atom. The van der Waals surface area contributed by atoms with Gasteiger partial charge in [0, 0.05) is 0 Å². The van der Waals surface area contributed by atoms with Crippen molar-refractivity contribution in [2.45, 2.75) is 30.7 Å². The minimum Gasteiger partial charge on any atom is -0.327 e. The second-order valence-corrected chi connectivity index (χ2v) is 6.71. The molecule has 0 spiro atoms. The molecule has 0 bridgehead atoms. The average Bonchev–Trinajstić information content (AvgIpc) is 2.08. The van der Waals surface area contributed by atoms with Gasteiger partial charge < -0.3 is 4.52 Å². The van der Waals surface area contributed by atoms with Crippen molar-refractivity contribution in [3.05, 3.63) is 12.7 Å². The Bertz CT molecular complexity index is 177. The maximum Gasteiger partial charge on any atom is 0.225 e. The van der Waals surface area contributed by atoms with Crippen LogP contribution < -0.4 is 0 Å². The fourth-order valence-electron chi connectivity index (χ4n) is 1.55. The van der Waals surface area contributed by atoms with Crippen LogP contribution in [0.5, 0.6) is 0 Å². The largest absolute Gasteiger partial charge is 0.327 e. The summed E-state index contributed by atoms with van der Waals surface area (Å²) in [5, 5.41) is 0.0132. The van der Waals surface area contributed by atoms with Gasteiger partial charge in [-0.15, -0.1) is 18.2 Å². The first-order valence-electron chi connectivity index (χ1n) is 4.18. The zero-order valence-corrected chi connectivity index (χ0v) is 10.3. The average molecular weight is 262 g/mol. The molecule has 1 aliphatic rings. The summed E-state index contributed by atoms with van der Waals surface area (Å²) < 4.78 is 5.33. The minimum atomic E-state index is -1.33. The molecule has 1 saturated carbocycles. The first kappa shape index (κ1) is 12.1. The first-order chi connectivity index (χ1) is 6.13. The highest BCUT2D eigenvalue weighted by Crippen LogP contribution is 2.51. The summed E-state index contributed by atoms with van der Waals surface area (Å²) in [6.07, 6.45) is 4.86. The lowest BCUT2D eigenvalue weighted by atomic mass is 9.87. The lowest BCUT2D eigenvalue weighted by molar-refractivity contribution is 0.168. The molecule has 76 valence electrons. The van der Waals surface area contributed by atoms with Gasteiger partial charge in [0.15, 0.2) is 0 Å². The van der Waals surface area contributed by atoms with Gasteiger partial charge in [-0.3, -0.25) is 0 Å². The van der Waals surface area contributed by atoms with E-state index >= 15 is 0 Å². The Hall–Kier alpha value is 1.00. The van der Waals surface area contributed by atoms with Gasteiger partial charge in [0.2, 0.25) is 6.85 Å². The number of halogens is 3. The second-order valence-electron chi connectivity index (χ2n) is 3.17. The summed E-state index contributed by atoms with van der Waals surface area (Å²) in [7, 11) is 0. The maximum absolute atomic E-state index is 6.12. The van der Waals surface area contributed by atoms with Gasteiger partial charge in [0.25, 0.3) is 0 Å². The molecule has 0 aromatic heterocycles. The van der Waals surface area contributed by atoms with Gasteiger partial charge >= 0.3 is 0 Å². The molecule has 0 heterocycles. The van der Waals surface area contributed by atoms with Gasteiger partial charge in [-0.1, -0.05) is 6.08 Å². The molecule has 0 amide bonds. The van der Waals surface area contributed by atoms with Crippen molar-refractivity contribution in [1.82, 2.24) is 0 Å². The van der Waals surface area contributed by atoms with Crippen molar-refractivity contribution in [3.63, 3.8) is 0 Å². The topological polar surface area (TPSA) is 9.23 Å². The molecule has 3 unspecified atom stereocenters. The van der Waals surface area contributed by atoms with Crippen LogP contribution in [0.3, 0.4) is 0 Å². The van der Waals surface area contributed by atoms with Crippen LogP contribution in [0.25, 0.3) is 0 Å². The predicted molar refractivity (Wildman–Crippen MR) is 60.7 cm³/mol. The third kappa shape index (κ3) is 3.93. The molecule has 0 N–H and O–H groups in total. The van der Waals surface area contributed by atoms with E-state index in [4.69, 9.17) is 38.6 Å². The smallest absolute Gasteiger partial charge is 0.225 e. The van der Waals surface area contributed by atoms with Crippen LogP contribution in [-0.2, 0) is 4.52 Å². The highest BCUT2D eigenvalue weighted by molar-refractivity contribution is 8.00. The molecule has 0 aliphatic heterocycles. The zero-order valence-electron chi connectivity index (χ0n) is 7.13. The van der Waals surface area contributed by atoms with Gasteiger partial charge in [-0.05, 0) is 47.7 Å².